The molecule has 7 heteroatoms. The van der Waals surface area contributed by atoms with Crippen molar-refractivity contribution in [2.75, 3.05) is 13.2 Å². The van der Waals surface area contributed by atoms with Crippen LogP contribution in [-0.4, -0.2) is 54.7 Å². The van der Waals surface area contributed by atoms with Gasteiger partial charge in [0.2, 0.25) is 0 Å². The number of carbonyl (C=O) groups excluding carboxylic acids is 2. The van der Waals surface area contributed by atoms with Gasteiger partial charge in [-0.2, -0.15) is 0 Å². The van der Waals surface area contributed by atoms with E-state index in [1.807, 2.05) is 0 Å². The lowest BCUT2D eigenvalue weighted by atomic mass is 10.0. The van der Waals surface area contributed by atoms with E-state index in [0.29, 0.717) is 5.56 Å². The van der Waals surface area contributed by atoms with E-state index in [4.69, 9.17) is 14.2 Å². The molecule has 0 aromatic heterocycles. The van der Waals surface area contributed by atoms with Crippen LogP contribution >= 0.6 is 0 Å². The highest BCUT2D eigenvalue weighted by molar-refractivity contribution is 5.90. The highest BCUT2D eigenvalue weighted by Crippen LogP contribution is 2.23. The average Bonchev–Trinajstić information content (AvgIpc) is 2.71. The third kappa shape index (κ3) is 4.69. The SMILES string of the molecule is O=C(OC[C@H]1OC[C@@H](O)[C@@H](F)C1OC(=O)c1ccccc1)c1ccccc1. The predicted molar refractivity (Wildman–Crippen MR) is 93.0 cm³/mol. The van der Waals surface area contributed by atoms with Crippen molar-refractivity contribution in [1.82, 2.24) is 0 Å². The van der Waals surface area contributed by atoms with Crippen molar-refractivity contribution in [3.05, 3.63) is 71.8 Å². The average molecular weight is 374 g/mol. The number of carbonyl (C=O) groups is 2. The van der Waals surface area contributed by atoms with Crippen molar-refractivity contribution >= 4 is 11.9 Å². The number of halogens is 1. The summed E-state index contributed by atoms with van der Waals surface area (Å²) in [5.41, 5.74) is 0.577. The molecule has 1 aliphatic rings. The Bertz CT molecular complexity index is 767. The molecule has 0 amide bonds. The summed E-state index contributed by atoms with van der Waals surface area (Å²) in [6.07, 6.45) is -5.71. The van der Waals surface area contributed by atoms with Gasteiger partial charge >= 0.3 is 11.9 Å². The largest absolute Gasteiger partial charge is 0.459 e. The monoisotopic (exact) mass is 374 g/mol. The number of benzene rings is 2. The second-order valence-corrected chi connectivity index (χ2v) is 6.08. The smallest absolute Gasteiger partial charge is 0.338 e. The van der Waals surface area contributed by atoms with Gasteiger partial charge in [0.1, 0.15) is 18.8 Å². The molecule has 1 unspecified atom stereocenters. The van der Waals surface area contributed by atoms with Crippen molar-refractivity contribution < 1.29 is 33.3 Å². The molecule has 1 aliphatic heterocycles. The second-order valence-electron chi connectivity index (χ2n) is 6.08. The molecule has 0 spiro atoms. The topological polar surface area (TPSA) is 82.1 Å². The Balaban J connectivity index is 1.66. The summed E-state index contributed by atoms with van der Waals surface area (Å²) in [5, 5.41) is 9.71. The van der Waals surface area contributed by atoms with Crippen LogP contribution in [-0.2, 0) is 14.2 Å². The first-order chi connectivity index (χ1) is 13.1. The van der Waals surface area contributed by atoms with Crippen LogP contribution in [0.2, 0.25) is 0 Å². The van der Waals surface area contributed by atoms with Gasteiger partial charge in [-0.25, -0.2) is 14.0 Å². The standard InChI is InChI=1S/C20H19FO6/c21-17-15(22)11-25-16(12-26-19(23)13-7-3-1-4-8-13)18(17)27-20(24)14-9-5-2-6-10-14/h1-10,15-18,22H,11-12H2/t15-,16-,17-,18?/m1/s1. The molecule has 6 nitrogen and oxygen atoms in total. The molecule has 4 atom stereocenters. The lowest BCUT2D eigenvalue weighted by Gasteiger charge is -2.36. The molecule has 0 saturated carbocycles. The number of ether oxygens (including phenoxy) is 3. The Morgan fingerprint density at radius 3 is 2.15 bits per heavy atom. The van der Waals surface area contributed by atoms with Gasteiger partial charge in [0.05, 0.1) is 17.7 Å². The van der Waals surface area contributed by atoms with E-state index < -0.39 is 36.4 Å². The molecule has 2 aromatic carbocycles. The first-order valence-corrected chi connectivity index (χ1v) is 8.48. The van der Waals surface area contributed by atoms with Gasteiger partial charge in [-0.1, -0.05) is 36.4 Å². The van der Waals surface area contributed by atoms with Crippen molar-refractivity contribution in [2.24, 2.45) is 0 Å². The van der Waals surface area contributed by atoms with Gasteiger partial charge < -0.3 is 19.3 Å². The number of aliphatic hydroxyl groups excluding tert-OH is 1. The van der Waals surface area contributed by atoms with Crippen molar-refractivity contribution in [3.63, 3.8) is 0 Å². The van der Waals surface area contributed by atoms with E-state index >= 15 is 0 Å². The lowest BCUT2D eigenvalue weighted by Crippen LogP contribution is -2.54. The van der Waals surface area contributed by atoms with Gasteiger partial charge in [-0.15, -0.1) is 0 Å². The normalized spacial score (nSPS) is 24.8. The minimum absolute atomic E-state index is 0.241. The van der Waals surface area contributed by atoms with E-state index in [9.17, 15) is 19.1 Å². The van der Waals surface area contributed by atoms with E-state index in [1.165, 1.54) is 12.1 Å². The third-order valence-corrected chi connectivity index (χ3v) is 4.17. The summed E-state index contributed by atoms with van der Waals surface area (Å²) in [7, 11) is 0. The quantitative estimate of drug-likeness (QED) is 0.808. The van der Waals surface area contributed by atoms with Crippen LogP contribution in [0.1, 0.15) is 20.7 Å². The molecule has 2 aromatic rings. The molecule has 0 bridgehead atoms. The van der Waals surface area contributed by atoms with Crippen LogP contribution in [0.15, 0.2) is 60.7 Å². The number of alkyl halides is 1. The van der Waals surface area contributed by atoms with E-state index in [-0.39, 0.29) is 18.8 Å². The summed E-state index contributed by atoms with van der Waals surface area (Å²) in [6.45, 7) is -0.596. The van der Waals surface area contributed by atoms with Crippen molar-refractivity contribution in [3.8, 4) is 0 Å². The van der Waals surface area contributed by atoms with Gasteiger partial charge in [0, 0.05) is 0 Å². The number of hydrogen-bond acceptors (Lipinski definition) is 6. The molecule has 1 heterocycles. The van der Waals surface area contributed by atoms with Crippen molar-refractivity contribution in [2.45, 2.75) is 24.5 Å². The van der Waals surface area contributed by atoms with Gasteiger partial charge in [-0.3, -0.25) is 0 Å². The Hall–Kier alpha value is -2.77. The maximum atomic E-state index is 14.5. The van der Waals surface area contributed by atoms with Crippen LogP contribution < -0.4 is 0 Å². The molecule has 1 N–H and O–H groups in total. The van der Waals surface area contributed by atoms with E-state index in [2.05, 4.69) is 0 Å². The summed E-state index contributed by atoms with van der Waals surface area (Å²) < 4.78 is 30.2. The fourth-order valence-corrected chi connectivity index (χ4v) is 2.70. The molecule has 27 heavy (non-hydrogen) atoms. The number of hydrogen-bond donors (Lipinski definition) is 1. The number of aliphatic hydroxyl groups is 1. The summed E-state index contributed by atoms with van der Waals surface area (Å²) >= 11 is 0. The fraction of sp³-hybridized carbons (Fsp3) is 0.300. The zero-order valence-corrected chi connectivity index (χ0v) is 14.4. The molecule has 1 fully saturated rings. The van der Waals surface area contributed by atoms with Crippen LogP contribution in [0, 0.1) is 0 Å². The lowest BCUT2D eigenvalue weighted by molar-refractivity contribution is -0.176. The fourth-order valence-electron chi connectivity index (χ4n) is 2.70. The zero-order valence-electron chi connectivity index (χ0n) is 14.4. The van der Waals surface area contributed by atoms with E-state index in [0.717, 1.165) is 0 Å². The Morgan fingerprint density at radius 2 is 1.56 bits per heavy atom. The summed E-state index contributed by atoms with van der Waals surface area (Å²) in [5.74, 6) is -1.35. The summed E-state index contributed by atoms with van der Waals surface area (Å²) in [4.78, 5) is 24.3. The molecule has 142 valence electrons. The minimum atomic E-state index is -1.85. The van der Waals surface area contributed by atoms with Gasteiger partial charge in [0.15, 0.2) is 12.3 Å². The first kappa shape index (κ1) is 19.0. The van der Waals surface area contributed by atoms with Gasteiger partial charge in [-0.05, 0) is 24.3 Å². The Morgan fingerprint density at radius 1 is 1.00 bits per heavy atom. The highest BCUT2D eigenvalue weighted by atomic mass is 19.1. The molecular formula is C20H19FO6. The summed E-state index contributed by atoms with van der Waals surface area (Å²) in [6, 6.07) is 16.4. The van der Waals surface area contributed by atoms with Crippen LogP contribution in [0.25, 0.3) is 0 Å². The van der Waals surface area contributed by atoms with Gasteiger partial charge in [0.25, 0.3) is 0 Å². The number of rotatable bonds is 5. The zero-order chi connectivity index (χ0) is 19.2. The second kappa shape index (κ2) is 8.75. The molecule has 0 radical (unpaired) electrons. The minimum Gasteiger partial charge on any atom is -0.459 e. The van der Waals surface area contributed by atoms with Crippen LogP contribution in [0.3, 0.4) is 0 Å². The van der Waals surface area contributed by atoms with Crippen LogP contribution in [0.4, 0.5) is 4.39 Å². The predicted octanol–water partition coefficient (Wildman–Crippen LogP) is 2.17. The van der Waals surface area contributed by atoms with Crippen molar-refractivity contribution in [1.29, 1.82) is 0 Å². The van der Waals surface area contributed by atoms with E-state index in [1.54, 1.807) is 48.5 Å². The Kier molecular flexibility index (Phi) is 6.16. The highest BCUT2D eigenvalue weighted by Gasteiger charge is 2.43. The maximum absolute atomic E-state index is 14.5. The molecule has 0 aliphatic carbocycles. The molecular weight excluding hydrogens is 355 g/mol. The first-order valence-electron chi connectivity index (χ1n) is 8.48. The maximum Gasteiger partial charge on any atom is 0.338 e. The molecule has 1 saturated heterocycles. The third-order valence-electron chi connectivity index (χ3n) is 4.17. The number of esters is 2. The Labute approximate surface area is 155 Å². The van der Waals surface area contributed by atoms with Crippen LogP contribution in [0.5, 0.6) is 0 Å². The molecule has 3 rings (SSSR count).